The van der Waals surface area contributed by atoms with E-state index < -0.39 is 9.84 Å². The van der Waals surface area contributed by atoms with Crippen LogP contribution in [0.15, 0.2) is 53.7 Å². The van der Waals surface area contributed by atoms with Crippen LogP contribution in [0.4, 0.5) is 11.5 Å². The molecule has 6 nitrogen and oxygen atoms in total. The van der Waals surface area contributed by atoms with Crippen LogP contribution >= 0.6 is 0 Å². The van der Waals surface area contributed by atoms with Gasteiger partial charge in [-0.05, 0) is 42.8 Å². The van der Waals surface area contributed by atoms with Gasteiger partial charge in [0.05, 0.1) is 16.5 Å². The molecule has 0 fully saturated rings. The Morgan fingerprint density at radius 1 is 1.12 bits per heavy atom. The fourth-order valence-electron chi connectivity index (χ4n) is 2.51. The molecule has 0 spiro atoms. The summed E-state index contributed by atoms with van der Waals surface area (Å²) >= 11 is 0. The van der Waals surface area contributed by atoms with Crippen molar-refractivity contribution in [1.82, 2.24) is 9.97 Å². The van der Waals surface area contributed by atoms with Crippen molar-refractivity contribution >= 4 is 32.2 Å². The van der Waals surface area contributed by atoms with Crippen molar-refractivity contribution in [3.8, 4) is 0 Å². The van der Waals surface area contributed by atoms with Gasteiger partial charge < -0.3 is 10.1 Å². The molecule has 0 saturated heterocycles. The van der Waals surface area contributed by atoms with Crippen LogP contribution in [0, 0.1) is 0 Å². The molecule has 0 radical (unpaired) electrons. The molecule has 0 saturated carbocycles. The zero-order valence-corrected chi connectivity index (χ0v) is 15.0. The van der Waals surface area contributed by atoms with Gasteiger partial charge in [-0.3, -0.25) is 0 Å². The topological polar surface area (TPSA) is 81.2 Å². The minimum atomic E-state index is -3.31. The fraction of sp³-hybridized carbons (Fsp3) is 0.222. The summed E-state index contributed by atoms with van der Waals surface area (Å²) in [4.78, 5) is 8.71. The molecule has 3 aromatic rings. The molecule has 1 heterocycles. The molecule has 25 heavy (non-hydrogen) atoms. The van der Waals surface area contributed by atoms with E-state index in [9.17, 15) is 8.42 Å². The van der Waals surface area contributed by atoms with Gasteiger partial charge in [0.1, 0.15) is 12.1 Å². The zero-order chi connectivity index (χ0) is 18.0. The predicted octanol–water partition coefficient (Wildman–Crippen LogP) is 3.48. The number of fused-ring (bicyclic) bond motifs is 1. The van der Waals surface area contributed by atoms with Gasteiger partial charge in [0, 0.05) is 24.4 Å². The van der Waals surface area contributed by atoms with E-state index in [1.54, 1.807) is 25.3 Å². The highest BCUT2D eigenvalue weighted by Gasteiger charge is 2.12. The van der Waals surface area contributed by atoms with E-state index in [0.717, 1.165) is 11.3 Å². The largest absolute Gasteiger partial charge is 0.377 e. The monoisotopic (exact) mass is 357 g/mol. The van der Waals surface area contributed by atoms with Crippen molar-refractivity contribution in [3.05, 3.63) is 54.4 Å². The summed E-state index contributed by atoms with van der Waals surface area (Å²) in [6.07, 6.45) is 2.60. The molecule has 1 N–H and O–H groups in total. The van der Waals surface area contributed by atoms with E-state index in [1.807, 2.05) is 31.2 Å². The molecular weight excluding hydrogens is 338 g/mol. The standard InChI is InChI=1S/C18H19N3O3S/c1-12(24-2)13-5-4-6-14(9-13)21-18-16-10-15(25(3,22)23)7-8-17(16)19-11-20-18/h4-12H,1-3H3,(H,19,20,21). The molecule has 0 aliphatic heterocycles. The highest BCUT2D eigenvalue weighted by Crippen LogP contribution is 2.27. The van der Waals surface area contributed by atoms with Crippen molar-refractivity contribution < 1.29 is 13.2 Å². The van der Waals surface area contributed by atoms with Gasteiger partial charge in [0.25, 0.3) is 0 Å². The van der Waals surface area contributed by atoms with Crippen LogP contribution in [0.2, 0.25) is 0 Å². The summed E-state index contributed by atoms with van der Waals surface area (Å²) in [5, 5.41) is 3.89. The van der Waals surface area contributed by atoms with Crippen LogP contribution in [-0.4, -0.2) is 31.8 Å². The minimum Gasteiger partial charge on any atom is -0.377 e. The smallest absolute Gasteiger partial charge is 0.175 e. The summed E-state index contributed by atoms with van der Waals surface area (Å²) in [5.41, 5.74) is 2.54. The molecule has 130 valence electrons. The summed E-state index contributed by atoms with van der Waals surface area (Å²) < 4.78 is 29.0. The Bertz CT molecular complexity index is 1020. The highest BCUT2D eigenvalue weighted by atomic mass is 32.2. The quantitative estimate of drug-likeness (QED) is 0.753. The van der Waals surface area contributed by atoms with Crippen LogP contribution in [0.5, 0.6) is 0 Å². The number of rotatable bonds is 5. The Labute approximate surface area is 146 Å². The second-order valence-corrected chi connectivity index (χ2v) is 7.82. The highest BCUT2D eigenvalue weighted by molar-refractivity contribution is 7.90. The first-order chi connectivity index (χ1) is 11.9. The molecule has 7 heteroatoms. The maximum absolute atomic E-state index is 11.8. The summed E-state index contributed by atoms with van der Waals surface area (Å²) in [6, 6.07) is 12.6. The minimum absolute atomic E-state index is 0.0271. The van der Waals surface area contributed by atoms with Gasteiger partial charge in [0.2, 0.25) is 0 Å². The second kappa shape index (κ2) is 6.78. The van der Waals surface area contributed by atoms with Crippen LogP contribution in [0.3, 0.4) is 0 Å². The third kappa shape index (κ3) is 3.78. The molecule has 0 aliphatic rings. The molecule has 0 bridgehead atoms. The number of anilines is 2. The van der Waals surface area contributed by atoms with Crippen molar-refractivity contribution in [2.24, 2.45) is 0 Å². The summed E-state index contributed by atoms with van der Waals surface area (Å²) in [7, 11) is -1.64. The number of ether oxygens (including phenoxy) is 1. The van der Waals surface area contributed by atoms with Gasteiger partial charge in [-0.15, -0.1) is 0 Å². The van der Waals surface area contributed by atoms with E-state index in [0.29, 0.717) is 16.7 Å². The Balaban J connectivity index is 2.04. The maximum Gasteiger partial charge on any atom is 0.175 e. The fourth-order valence-corrected chi connectivity index (χ4v) is 3.16. The Hall–Kier alpha value is -2.51. The van der Waals surface area contributed by atoms with Crippen LogP contribution in [0.1, 0.15) is 18.6 Å². The van der Waals surface area contributed by atoms with E-state index in [-0.39, 0.29) is 11.0 Å². The lowest BCUT2D eigenvalue weighted by molar-refractivity contribution is 0.119. The molecule has 0 amide bonds. The molecule has 1 unspecified atom stereocenters. The third-order valence-corrected chi connectivity index (χ3v) is 5.12. The van der Waals surface area contributed by atoms with Crippen LogP contribution in [-0.2, 0) is 14.6 Å². The van der Waals surface area contributed by atoms with Gasteiger partial charge in [0.15, 0.2) is 9.84 Å². The molecule has 1 aromatic heterocycles. The molecule has 1 atom stereocenters. The Kier molecular flexibility index (Phi) is 4.69. The molecular formula is C18H19N3O3S. The van der Waals surface area contributed by atoms with Crippen molar-refractivity contribution in [2.75, 3.05) is 18.7 Å². The normalized spacial score (nSPS) is 12.9. The number of nitrogens with one attached hydrogen (secondary N) is 1. The SMILES string of the molecule is COC(C)c1cccc(Nc2ncnc3ccc(S(C)(=O)=O)cc23)c1. The first-order valence-electron chi connectivity index (χ1n) is 7.73. The number of sulfone groups is 1. The van der Waals surface area contributed by atoms with Crippen molar-refractivity contribution in [3.63, 3.8) is 0 Å². The maximum atomic E-state index is 11.8. The van der Waals surface area contributed by atoms with E-state index in [4.69, 9.17) is 4.74 Å². The first-order valence-corrected chi connectivity index (χ1v) is 9.62. The first kappa shape index (κ1) is 17.3. The lowest BCUT2D eigenvalue weighted by Gasteiger charge is -2.13. The third-order valence-electron chi connectivity index (χ3n) is 4.01. The van der Waals surface area contributed by atoms with Gasteiger partial charge in [-0.2, -0.15) is 0 Å². The van der Waals surface area contributed by atoms with E-state index in [2.05, 4.69) is 15.3 Å². The zero-order valence-electron chi connectivity index (χ0n) is 14.2. The lowest BCUT2D eigenvalue weighted by Crippen LogP contribution is -2.01. The van der Waals surface area contributed by atoms with Crippen molar-refractivity contribution in [1.29, 1.82) is 0 Å². The summed E-state index contributed by atoms with van der Waals surface area (Å²) in [6.45, 7) is 1.97. The number of benzene rings is 2. The summed E-state index contributed by atoms with van der Waals surface area (Å²) in [5.74, 6) is 0.553. The number of aromatic nitrogens is 2. The second-order valence-electron chi connectivity index (χ2n) is 5.80. The number of nitrogens with zero attached hydrogens (tertiary/aromatic N) is 2. The van der Waals surface area contributed by atoms with Crippen LogP contribution < -0.4 is 5.32 Å². The molecule has 3 rings (SSSR count). The van der Waals surface area contributed by atoms with E-state index >= 15 is 0 Å². The number of methoxy groups -OCH3 is 1. The van der Waals surface area contributed by atoms with Gasteiger partial charge in [-0.1, -0.05) is 12.1 Å². The Morgan fingerprint density at radius 3 is 2.64 bits per heavy atom. The molecule has 0 aliphatic carbocycles. The average molecular weight is 357 g/mol. The predicted molar refractivity (Wildman–Crippen MR) is 97.8 cm³/mol. The number of hydrogen-bond donors (Lipinski definition) is 1. The number of hydrogen-bond acceptors (Lipinski definition) is 6. The van der Waals surface area contributed by atoms with Crippen LogP contribution in [0.25, 0.3) is 10.9 Å². The lowest BCUT2D eigenvalue weighted by atomic mass is 10.1. The molecule has 2 aromatic carbocycles. The Morgan fingerprint density at radius 2 is 1.92 bits per heavy atom. The van der Waals surface area contributed by atoms with Crippen molar-refractivity contribution in [2.45, 2.75) is 17.9 Å². The average Bonchev–Trinajstić information content (AvgIpc) is 2.60. The van der Waals surface area contributed by atoms with E-state index in [1.165, 1.54) is 12.6 Å². The van der Waals surface area contributed by atoms with Gasteiger partial charge in [-0.25, -0.2) is 18.4 Å². The van der Waals surface area contributed by atoms with Gasteiger partial charge >= 0.3 is 0 Å².